The lowest BCUT2D eigenvalue weighted by molar-refractivity contribution is 0.0365. The summed E-state index contributed by atoms with van der Waals surface area (Å²) in [5.41, 5.74) is 3.90. The summed E-state index contributed by atoms with van der Waals surface area (Å²) in [7, 11) is -0.885. The van der Waals surface area contributed by atoms with E-state index in [2.05, 4.69) is 14.5 Å². The molecule has 0 radical (unpaired) electrons. The van der Waals surface area contributed by atoms with Crippen molar-refractivity contribution in [2.45, 2.75) is 18.4 Å². The number of fused-ring (bicyclic) bond motifs is 2. The Kier molecular flexibility index (Phi) is 6.95. The maximum atomic E-state index is 14.1. The molecule has 40 heavy (non-hydrogen) atoms. The van der Waals surface area contributed by atoms with Crippen LogP contribution in [0.5, 0.6) is 11.6 Å². The maximum Gasteiger partial charge on any atom is 0.269 e. The number of hydrogen-bond acceptors (Lipinski definition) is 8. The summed E-state index contributed by atoms with van der Waals surface area (Å²) >= 11 is 0. The van der Waals surface area contributed by atoms with Crippen LogP contribution in [0, 0.1) is 6.92 Å². The molecule has 0 bridgehead atoms. The standard InChI is InChI=1S/C29H31N5O5S/c1-20-6-8-22(9-7-20)40(35,36)34-24(17-21-5-4-10-30-28(21)34)23-19-33(12-11-32-13-15-39-16-14-32)25-18-26(37-2)29(38-3)31-27(23)25/h4-10,17-19H,11-16H2,1-3H3. The van der Waals surface area contributed by atoms with Gasteiger partial charge in [-0.1, -0.05) is 17.7 Å². The number of nitrogens with zero attached hydrogens (tertiary/aromatic N) is 5. The van der Waals surface area contributed by atoms with Gasteiger partial charge in [0.15, 0.2) is 11.4 Å². The largest absolute Gasteiger partial charge is 0.491 e. The van der Waals surface area contributed by atoms with Crippen LogP contribution in [-0.2, 0) is 21.3 Å². The van der Waals surface area contributed by atoms with Crippen LogP contribution in [0.2, 0.25) is 0 Å². The first kappa shape index (κ1) is 26.3. The Labute approximate surface area is 232 Å². The van der Waals surface area contributed by atoms with Crippen molar-refractivity contribution in [1.82, 2.24) is 23.4 Å². The van der Waals surface area contributed by atoms with Crippen LogP contribution < -0.4 is 9.47 Å². The lowest BCUT2D eigenvalue weighted by Crippen LogP contribution is -2.38. The van der Waals surface area contributed by atoms with Crippen molar-refractivity contribution in [3.05, 3.63) is 66.5 Å². The third kappa shape index (κ3) is 4.59. The van der Waals surface area contributed by atoms with Crippen LogP contribution in [0.3, 0.4) is 0 Å². The van der Waals surface area contributed by atoms with Crippen LogP contribution in [0.15, 0.2) is 65.8 Å². The van der Waals surface area contributed by atoms with Gasteiger partial charge in [-0.2, -0.15) is 0 Å². The van der Waals surface area contributed by atoms with Crippen molar-refractivity contribution in [3.63, 3.8) is 0 Å². The second-order valence-electron chi connectivity index (χ2n) is 9.79. The fourth-order valence-electron chi connectivity index (χ4n) is 5.17. The van der Waals surface area contributed by atoms with E-state index < -0.39 is 10.0 Å². The molecule has 0 amide bonds. The number of aryl methyl sites for hydroxylation is 1. The average molecular weight is 562 g/mol. The number of hydrogen-bond donors (Lipinski definition) is 0. The molecule has 5 heterocycles. The van der Waals surface area contributed by atoms with Gasteiger partial charge in [-0.05, 0) is 37.3 Å². The van der Waals surface area contributed by atoms with Gasteiger partial charge in [0.1, 0.15) is 5.52 Å². The van der Waals surface area contributed by atoms with Crippen LogP contribution in [0.4, 0.5) is 0 Å². The highest BCUT2D eigenvalue weighted by Gasteiger charge is 2.28. The van der Waals surface area contributed by atoms with E-state index >= 15 is 0 Å². The van der Waals surface area contributed by atoms with Crippen molar-refractivity contribution in [3.8, 4) is 22.9 Å². The number of rotatable bonds is 8. The Morgan fingerprint density at radius 3 is 2.50 bits per heavy atom. The Bertz CT molecular complexity index is 1790. The normalized spacial score (nSPS) is 14.7. The first-order valence-electron chi connectivity index (χ1n) is 13.1. The summed E-state index contributed by atoms with van der Waals surface area (Å²) in [5.74, 6) is 0.825. The molecule has 1 fully saturated rings. The lowest BCUT2D eigenvalue weighted by Gasteiger charge is -2.26. The van der Waals surface area contributed by atoms with Gasteiger partial charge >= 0.3 is 0 Å². The molecule has 0 saturated carbocycles. The predicted molar refractivity (Wildman–Crippen MR) is 153 cm³/mol. The minimum atomic E-state index is -4.00. The van der Waals surface area contributed by atoms with E-state index in [1.807, 2.05) is 31.3 Å². The zero-order valence-electron chi connectivity index (χ0n) is 22.7. The van der Waals surface area contributed by atoms with E-state index in [-0.39, 0.29) is 4.90 Å². The van der Waals surface area contributed by atoms with E-state index in [0.29, 0.717) is 59.2 Å². The number of aromatic nitrogens is 4. The van der Waals surface area contributed by atoms with Crippen LogP contribution >= 0.6 is 0 Å². The minimum Gasteiger partial charge on any atom is -0.491 e. The van der Waals surface area contributed by atoms with Gasteiger partial charge in [-0.25, -0.2) is 22.4 Å². The molecular weight excluding hydrogens is 530 g/mol. The topological polar surface area (TPSA) is 101 Å². The zero-order valence-corrected chi connectivity index (χ0v) is 23.5. The molecule has 4 aromatic heterocycles. The molecular formula is C29H31N5O5S. The van der Waals surface area contributed by atoms with Crippen molar-refractivity contribution in [2.24, 2.45) is 0 Å². The predicted octanol–water partition coefficient (Wildman–Crippen LogP) is 3.95. The van der Waals surface area contributed by atoms with Gasteiger partial charge in [0.2, 0.25) is 0 Å². The van der Waals surface area contributed by atoms with Gasteiger partial charge in [-0.15, -0.1) is 0 Å². The number of methoxy groups -OCH3 is 2. The number of pyridine rings is 2. The maximum absolute atomic E-state index is 14.1. The summed E-state index contributed by atoms with van der Waals surface area (Å²) < 4.78 is 48.3. The number of ether oxygens (including phenoxy) is 3. The minimum absolute atomic E-state index is 0.186. The molecule has 1 saturated heterocycles. The van der Waals surface area contributed by atoms with Gasteiger partial charge in [0.05, 0.1) is 43.5 Å². The highest BCUT2D eigenvalue weighted by Crippen LogP contribution is 2.39. The Hall–Kier alpha value is -3.93. The van der Waals surface area contributed by atoms with Crippen molar-refractivity contribution >= 4 is 32.1 Å². The fraction of sp³-hybridized carbons (Fsp3) is 0.310. The lowest BCUT2D eigenvalue weighted by atomic mass is 10.2. The number of benzene rings is 1. The van der Waals surface area contributed by atoms with Crippen LogP contribution in [0.1, 0.15) is 5.56 Å². The van der Waals surface area contributed by atoms with Gasteiger partial charge in [0, 0.05) is 55.6 Å². The molecule has 11 heteroatoms. The van der Waals surface area contributed by atoms with Crippen LogP contribution in [0.25, 0.3) is 33.3 Å². The molecule has 0 N–H and O–H groups in total. The summed E-state index contributed by atoms with van der Waals surface area (Å²) in [6.45, 7) is 6.59. The Morgan fingerprint density at radius 2 is 1.77 bits per heavy atom. The van der Waals surface area contributed by atoms with E-state index in [0.717, 1.165) is 30.7 Å². The molecule has 1 aliphatic heterocycles. The van der Waals surface area contributed by atoms with Gasteiger partial charge < -0.3 is 18.8 Å². The first-order valence-corrected chi connectivity index (χ1v) is 14.6. The van der Waals surface area contributed by atoms with E-state index in [4.69, 9.17) is 19.2 Å². The number of morpholine rings is 1. The molecule has 5 aromatic rings. The third-order valence-corrected chi connectivity index (χ3v) is 9.03. The molecule has 1 aromatic carbocycles. The highest BCUT2D eigenvalue weighted by molar-refractivity contribution is 7.90. The second-order valence-corrected chi connectivity index (χ2v) is 11.6. The van der Waals surface area contributed by atoms with Crippen molar-refractivity contribution < 1.29 is 22.6 Å². The average Bonchev–Trinajstić information content (AvgIpc) is 3.54. The van der Waals surface area contributed by atoms with Gasteiger partial charge in [-0.3, -0.25) is 4.90 Å². The zero-order chi connectivity index (χ0) is 27.9. The molecule has 10 nitrogen and oxygen atoms in total. The molecule has 0 unspecified atom stereocenters. The smallest absolute Gasteiger partial charge is 0.269 e. The van der Waals surface area contributed by atoms with Crippen LogP contribution in [-0.4, -0.2) is 78.9 Å². The molecule has 208 valence electrons. The summed E-state index contributed by atoms with van der Waals surface area (Å²) in [4.78, 5) is 11.8. The van der Waals surface area contributed by atoms with Crippen molar-refractivity contribution in [2.75, 3.05) is 47.1 Å². The molecule has 0 atom stereocenters. The highest BCUT2D eigenvalue weighted by atomic mass is 32.2. The quantitative estimate of drug-likeness (QED) is 0.281. The summed E-state index contributed by atoms with van der Waals surface area (Å²) in [6.07, 6.45) is 3.57. The Balaban J connectivity index is 1.57. The van der Waals surface area contributed by atoms with E-state index in [9.17, 15) is 8.42 Å². The van der Waals surface area contributed by atoms with Gasteiger partial charge in [0.25, 0.3) is 15.9 Å². The monoisotopic (exact) mass is 561 g/mol. The second kappa shape index (κ2) is 10.6. The molecule has 0 spiro atoms. The Morgan fingerprint density at radius 1 is 1.00 bits per heavy atom. The summed E-state index contributed by atoms with van der Waals surface area (Å²) in [5, 5.41) is 0.711. The third-order valence-electron chi connectivity index (χ3n) is 7.31. The molecule has 6 rings (SSSR count). The molecule has 1 aliphatic rings. The first-order chi connectivity index (χ1) is 19.4. The SMILES string of the molecule is COc1cc2c(nc1OC)c(-c1cc3cccnc3n1S(=O)(=O)c1ccc(C)cc1)cn2CCN1CCOCC1. The van der Waals surface area contributed by atoms with E-state index in [1.54, 1.807) is 43.6 Å². The van der Waals surface area contributed by atoms with E-state index in [1.165, 1.54) is 11.1 Å². The van der Waals surface area contributed by atoms with Crippen molar-refractivity contribution in [1.29, 1.82) is 0 Å². The fourth-order valence-corrected chi connectivity index (χ4v) is 6.65. The summed E-state index contributed by atoms with van der Waals surface area (Å²) in [6, 6.07) is 14.2. The molecule has 0 aliphatic carbocycles.